The lowest BCUT2D eigenvalue weighted by Gasteiger charge is -2.63. The summed E-state index contributed by atoms with van der Waals surface area (Å²) in [5.41, 5.74) is 1.64. The fraction of sp³-hybridized carbons (Fsp3) is 0.900. The Morgan fingerprint density at radius 3 is 2.69 bits per heavy atom. The Morgan fingerprint density at radius 2 is 2.00 bits per heavy atom. The van der Waals surface area contributed by atoms with E-state index in [1.165, 1.54) is 19.3 Å². The zero-order chi connectivity index (χ0) is 25.6. The van der Waals surface area contributed by atoms with Gasteiger partial charge in [0.15, 0.2) is 0 Å². The SMILES string of the molecule is CO[C@@H]1C[C@]23COCC(C2CCC2C3=CCC3C2CCC(CC(C)C)C3C(=O)O)[C@H]1OCCN(C)C. The molecule has 1 N–H and O–H groups in total. The van der Waals surface area contributed by atoms with Crippen LogP contribution in [-0.4, -0.2) is 75.8 Å². The van der Waals surface area contributed by atoms with Gasteiger partial charge in [-0.1, -0.05) is 25.5 Å². The van der Waals surface area contributed by atoms with Crippen LogP contribution in [0.5, 0.6) is 0 Å². The maximum absolute atomic E-state index is 12.5. The van der Waals surface area contributed by atoms with Crippen molar-refractivity contribution in [3.63, 3.8) is 0 Å². The normalized spacial score (nSPS) is 44.0. The molecule has 6 nitrogen and oxygen atoms in total. The molecule has 10 atom stereocenters. The van der Waals surface area contributed by atoms with Crippen LogP contribution in [0.25, 0.3) is 0 Å². The summed E-state index contributed by atoms with van der Waals surface area (Å²) in [6.45, 7) is 7.65. The number of hydrogen-bond donors (Lipinski definition) is 1. The Bertz CT molecular complexity index is 826. The van der Waals surface area contributed by atoms with Gasteiger partial charge in [-0.2, -0.15) is 0 Å². The molecule has 36 heavy (non-hydrogen) atoms. The van der Waals surface area contributed by atoms with E-state index in [-0.39, 0.29) is 29.5 Å². The second kappa shape index (κ2) is 10.7. The van der Waals surface area contributed by atoms with Crippen LogP contribution in [0.4, 0.5) is 0 Å². The largest absolute Gasteiger partial charge is 0.481 e. The maximum Gasteiger partial charge on any atom is 0.307 e. The van der Waals surface area contributed by atoms with E-state index in [4.69, 9.17) is 14.2 Å². The Morgan fingerprint density at radius 1 is 1.19 bits per heavy atom. The number of nitrogens with zero attached hydrogens (tertiary/aromatic N) is 1. The van der Waals surface area contributed by atoms with Crippen LogP contribution in [0, 0.1) is 52.8 Å². The Balaban J connectivity index is 1.41. The third kappa shape index (κ3) is 4.58. The molecular formula is C30H49NO5. The van der Waals surface area contributed by atoms with E-state index < -0.39 is 5.97 Å². The molecule has 6 heteroatoms. The highest BCUT2D eigenvalue weighted by molar-refractivity contribution is 5.71. The minimum atomic E-state index is -0.560. The van der Waals surface area contributed by atoms with Crippen molar-refractivity contribution in [1.29, 1.82) is 0 Å². The highest BCUT2D eigenvalue weighted by Gasteiger charge is 2.62. The van der Waals surface area contributed by atoms with E-state index in [2.05, 4.69) is 38.9 Å². The smallest absolute Gasteiger partial charge is 0.307 e. The summed E-state index contributed by atoms with van der Waals surface area (Å²) in [6, 6.07) is 0. The molecule has 5 rings (SSSR count). The van der Waals surface area contributed by atoms with Crippen molar-refractivity contribution in [3.05, 3.63) is 11.6 Å². The van der Waals surface area contributed by atoms with Crippen molar-refractivity contribution < 1.29 is 24.1 Å². The van der Waals surface area contributed by atoms with Crippen LogP contribution in [0.1, 0.15) is 58.8 Å². The first-order chi connectivity index (χ1) is 17.3. The second-order valence-corrected chi connectivity index (χ2v) is 13.3. The lowest BCUT2D eigenvalue weighted by molar-refractivity contribution is -0.221. The van der Waals surface area contributed by atoms with Gasteiger partial charge in [0.1, 0.15) is 0 Å². The highest BCUT2D eigenvalue weighted by Crippen LogP contribution is 2.64. The van der Waals surface area contributed by atoms with Gasteiger partial charge in [-0.05, 0) is 94.5 Å². The summed E-state index contributed by atoms with van der Waals surface area (Å²) >= 11 is 0. The van der Waals surface area contributed by atoms with Crippen molar-refractivity contribution >= 4 is 5.97 Å². The fourth-order valence-corrected chi connectivity index (χ4v) is 9.46. The topological polar surface area (TPSA) is 68.2 Å². The number of fused-ring (bicyclic) bond motifs is 3. The first-order valence-corrected chi connectivity index (χ1v) is 14.6. The second-order valence-electron chi connectivity index (χ2n) is 13.3. The number of hydrogen-bond acceptors (Lipinski definition) is 5. The molecule has 1 aliphatic heterocycles. The van der Waals surface area contributed by atoms with Crippen LogP contribution in [0.3, 0.4) is 0 Å². The van der Waals surface area contributed by atoms with Gasteiger partial charge >= 0.3 is 5.97 Å². The summed E-state index contributed by atoms with van der Waals surface area (Å²) in [5.74, 6) is 2.36. The molecule has 4 fully saturated rings. The molecule has 4 aliphatic carbocycles. The average molecular weight is 504 g/mol. The first-order valence-electron chi connectivity index (χ1n) is 14.6. The van der Waals surface area contributed by atoms with E-state index in [9.17, 15) is 9.90 Å². The van der Waals surface area contributed by atoms with Crippen molar-refractivity contribution in [2.75, 3.05) is 47.6 Å². The molecule has 0 amide bonds. The van der Waals surface area contributed by atoms with Crippen molar-refractivity contribution in [2.45, 2.75) is 71.0 Å². The zero-order valence-corrected chi connectivity index (χ0v) is 23.2. The van der Waals surface area contributed by atoms with Crippen molar-refractivity contribution in [1.82, 2.24) is 4.90 Å². The molecule has 0 aromatic heterocycles. The van der Waals surface area contributed by atoms with E-state index in [1.807, 2.05) is 7.11 Å². The van der Waals surface area contributed by atoms with Crippen LogP contribution >= 0.6 is 0 Å². The van der Waals surface area contributed by atoms with Crippen LogP contribution < -0.4 is 0 Å². The number of ether oxygens (including phenoxy) is 3. The summed E-state index contributed by atoms with van der Waals surface area (Å²) in [5, 5.41) is 10.3. The average Bonchev–Trinajstić information content (AvgIpc) is 2.83. The van der Waals surface area contributed by atoms with Gasteiger partial charge in [0, 0.05) is 25.0 Å². The highest BCUT2D eigenvalue weighted by atomic mass is 16.5. The van der Waals surface area contributed by atoms with E-state index in [0.29, 0.717) is 35.5 Å². The molecular weight excluding hydrogens is 454 g/mol. The summed E-state index contributed by atoms with van der Waals surface area (Å²) in [7, 11) is 6.02. The third-order valence-electron chi connectivity index (χ3n) is 10.7. The first kappa shape index (κ1) is 26.6. The quantitative estimate of drug-likeness (QED) is 0.483. The van der Waals surface area contributed by atoms with Crippen LogP contribution in [0.2, 0.25) is 0 Å². The van der Waals surface area contributed by atoms with E-state index in [0.717, 1.165) is 52.0 Å². The molecule has 0 aromatic carbocycles. The Hall–Kier alpha value is -0.950. The minimum Gasteiger partial charge on any atom is -0.481 e. The van der Waals surface area contributed by atoms with Gasteiger partial charge in [-0.15, -0.1) is 0 Å². The van der Waals surface area contributed by atoms with Gasteiger partial charge in [-0.25, -0.2) is 0 Å². The number of methoxy groups -OCH3 is 1. The molecule has 0 radical (unpaired) electrons. The maximum atomic E-state index is 12.5. The third-order valence-corrected chi connectivity index (χ3v) is 10.7. The van der Waals surface area contributed by atoms with Crippen LogP contribution in [-0.2, 0) is 19.0 Å². The molecule has 3 saturated carbocycles. The number of likely N-dealkylation sites (N-methyl/N-ethyl adjacent to an activating group) is 1. The molecule has 1 saturated heterocycles. The molecule has 5 aliphatic rings. The minimum absolute atomic E-state index is 0.0341. The number of carboxylic acid groups (broad SMARTS) is 1. The van der Waals surface area contributed by atoms with E-state index >= 15 is 0 Å². The predicted octanol–water partition coefficient (Wildman–Crippen LogP) is 4.73. The van der Waals surface area contributed by atoms with E-state index in [1.54, 1.807) is 5.57 Å². The fourth-order valence-electron chi connectivity index (χ4n) is 9.46. The molecule has 1 heterocycles. The van der Waals surface area contributed by atoms with Crippen molar-refractivity contribution in [3.8, 4) is 0 Å². The monoisotopic (exact) mass is 503 g/mol. The lowest BCUT2D eigenvalue weighted by Crippen LogP contribution is -2.63. The van der Waals surface area contributed by atoms with Crippen molar-refractivity contribution in [2.24, 2.45) is 52.8 Å². The number of carbonyl (C=O) groups is 1. The number of rotatable bonds is 8. The predicted molar refractivity (Wildman–Crippen MR) is 140 cm³/mol. The standard InChI is InChI=1S/C30H49NO5/c1-18(2)14-19-6-7-20-21-8-10-25-23-16-35-17-30(25,24(21)11-9-22(20)27(19)29(32)33)15-26(34-5)28(23)36-13-12-31(3)4/h11,18-23,25-28H,6-10,12-17H2,1-5H3,(H,32,33)/t19?,20?,21?,22?,23?,25?,26-,27?,28-,30-/m1/s1. The molecule has 7 unspecified atom stereocenters. The van der Waals surface area contributed by atoms with Gasteiger partial charge in [0.05, 0.1) is 37.9 Å². The number of allylic oxidation sites excluding steroid dienone is 1. The Kier molecular flexibility index (Phi) is 7.90. The molecule has 0 spiro atoms. The summed E-state index contributed by atoms with van der Waals surface area (Å²) < 4.78 is 19.0. The van der Waals surface area contributed by atoms with Gasteiger partial charge in [0.25, 0.3) is 0 Å². The van der Waals surface area contributed by atoms with Crippen LogP contribution in [0.15, 0.2) is 11.6 Å². The number of aliphatic carboxylic acids is 1. The lowest BCUT2D eigenvalue weighted by atomic mass is 9.45. The van der Waals surface area contributed by atoms with Gasteiger partial charge in [0.2, 0.25) is 0 Å². The molecule has 2 bridgehead atoms. The molecule has 204 valence electrons. The van der Waals surface area contributed by atoms with Gasteiger partial charge < -0.3 is 24.2 Å². The zero-order valence-electron chi connectivity index (χ0n) is 23.2. The molecule has 0 aromatic rings. The summed E-state index contributed by atoms with van der Waals surface area (Å²) in [4.78, 5) is 14.7. The number of carboxylic acids is 1. The Labute approximate surface area is 218 Å². The summed E-state index contributed by atoms with van der Waals surface area (Å²) in [6.07, 6.45) is 10.2. The van der Waals surface area contributed by atoms with Gasteiger partial charge in [-0.3, -0.25) is 4.79 Å².